The van der Waals surface area contributed by atoms with Gasteiger partial charge in [-0.15, -0.1) is 6.42 Å². The lowest BCUT2D eigenvalue weighted by molar-refractivity contribution is -0.0813. The van der Waals surface area contributed by atoms with Crippen LogP contribution in [-0.2, 0) is 0 Å². The molecule has 0 aromatic heterocycles. The molecule has 0 amide bonds. The van der Waals surface area contributed by atoms with Crippen molar-refractivity contribution in [1.29, 1.82) is 0 Å². The molecule has 4 aliphatic rings. The second-order valence-electron chi connectivity index (χ2n) is 8.30. The Balaban J connectivity index is 1.67. The largest absolute Gasteiger partial charge is 0.377 e. The molecule has 0 aliphatic heterocycles. The Morgan fingerprint density at radius 3 is 2.86 bits per heavy atom. The van der Waals surface area contributed by atoms with Crippen LogP contribution in [0.15, 0.2) is 11.6 Å². The van der Waals surface area contributed by atoms with Gasteiger partial charge in [0, 0.05) is 5.41 Å². The molecule has 3 saturated carbocycles. The maximum Gasteiger partial charge on any atom is 0.130 e. The van der Waals surface area contributed by atoms with E-state index in [0.29, 0.717) is 5.92 Å². The summed E-state index contributed by atoms with van der Waals surface area (Å²) in [5.74, 6) is 5.92. The summed E-state index contributed by atoms with van der Waals surface area (Å²) in [6.45, 7) is 2.28. The fourth-order valence-corrected chi connectivity index (χ4v) is 6.50. The van der Waals surface area contributed by atoms with E-state index >= 15 is 0 Å². The Kier molecular flexibility index (Phi) is 3.06. The number of terminal acetylenes is 1. The summed E-state index contributed by atoms with van der Waals surface area (Å²) in [5, 5.41) is 10.9. The summed E-state index contributed by atoms with van der Waals surface area (Å²) >= 11 is 0. The van der Waals surface area contributed by atoms with Gasteiger partial charge in [0.25, 0.3) is 0 Å². The number of hydrogen-bond donors (Lipinski definition) is 1. The molecule has 0 bridgehead atoms. The maximum atomic E-state index is 10.9. The van der Waals surface area contributed by atoms with Gasteiger partial charge in [0.1, 0.15) is 5.60 Å². The van der Waals surface area contributed by atoms with Crippen LogP contribution < -0.4 is 0 Å². The Morgan fingerprint density at radius 2 is 2.05 bits per heavy atom. The van der Waals surface area contributed by atoms with Crippen molar-refractivity contribution < 1.29 is 5.11 Å². The minimum atomic E-state index is -0.848. The van der Waals surface area contributed by atoms with Crippen LogP contribution in [0.2, 0.25) is 0 Å². The molecule has 4 aliphatic carbocycles. The van der Waals surface area contributed by atoms with E-state index in [1.807, 2.05) is 0 Å². The molecule has 0 spiro atoms. The van der Waals surface area contributed by atoms with Crippen molar-refractivity contribution in [3.63, 3.8) is 0 Å². The Bertz CT molecular complexity index is 512. The van der Waals surface area contributed by atoms with Crippen LogP contribution in [0.3, 0.4) is 0 Å². The summed E-state index contributed by atoms with van der Waals surface area (Å²) in [7, 11) is 0. The van der Waals surface area contributed by atoms with Gasteiger partial charge in [-0.1, -0.05) is 30.9 Å². The van der Waals surface area contributed by atoms with E-state index in [-0.39, 0.29) is 5.41 Å². The highest BCUT2D eigenvalue weighted by Crippen LogP contribution is 2.64. The molecule has 3 fully saturated rings. The Morgan fingerprint density at radius 1 is 1.19 bits per heavy atom. The van der Waals surface area contributed by atoms with E-state index < -0.39 is 5.60 Å². The highest BCUT2D eigenvalue weighted by molar-refractivity contribution is 5.25. The predicted molar refractivity (Wildman–Crippen MR) is 85.5 cm³/mol. The van der Waals surface area contributed by atoms with E-state index in [0.717, 1.165) is 37.0 Å². The van der Waals surface area contributed by atoms with E-state index in [1.54, 1.807) is 5.57 Å². The van der Waals surface area contributed by atoms with Crippen LogP contribution >= 0.6 is 0 Å². The van der Waals surface area contributed by atoms with Gasteiger partial charge in [0.15, 0.2) is 0 Å². The summed E-state index contributed by atoms with van der Waals surface area (Å²) in [4.78, 5) is 0. The Hall–Kier alpha value is -0.740. The zero-order valence-corrected chi connectivity index (χ0v) is 13.3. The highest BCUT2D eigenvalue weighted by Gasteiger charge is 2.61. The molecular weight excluding hydrogens is 256 g/mol. The number of rotatable bonds is 0. The van der Waals surface area contributed by atoms with Crippen molar-refractivity contribution >= 4 is 0 Å². The van der Waals surface area contributed by atoms with Gasteiger partial charge in [-0.3, -0.25) is 0 Å². The lowest BCUT2D eigenvalue weighted by Gasteiger charge is -2.54. The smallest absolute Gasteiger partial charge is 0.130 e. The van der Waals surface area contributed by atoms with Crippen LogP contribution in [0.5, 0.6) is 0 Å². The van der Waals surface area contributed by atoms with Crippen molar-refractivity contribution in [3.05, 3.63) is 11.6 Å². The van der Waals surface area contributed by atoms with E-state index in [9.17, 15) is 5.11 Å². The third-order valence-corrected chi connectivity index (χ3v) is 7.76. The summed E-state index contributed by atoms with van der Waals surface area (Å²) in [5.41, 5.74) is 0.888. The topological polar surface area (TPSA) is 20.2 Å². The minimum Gasteiger partial charge on any atom is -0.377 e. The van der Waals surface area contributed by atoms with Crippen molar-refractivity contribution in [2.24, 2.45) is 29.1 Å². The first-order chi connectivity index (χ1) is 10.1. The molecule has 1 heteroatoms. The lowest BCUT2D eigenvalue weighted by atomic mass is 9.51. The van der Waals surface area contributed by atoms with Gasteiger partial charge in [0.2, 0.25) is 0 Å². The van der Waals surface area contributed by atoms with Crippen LogP contribution in [0.1, 0.15) is 64.7 Å². The van der Waals surface area contributed by atoms with Crippen molar-refractivity contribution in [2.45, 2.75) is 70.3 Å². The molecule has 0 radical (unpaired) electrons. The second kappa shape index (κ2) is 4.63. The average Bonchev–Trinajstić information content (AvgIpc) is 2.79. The van der Waals surface area contributed by atoms with Gasteiger partial charge < -0.3 is 5.11 Å². The zero-order chi connectivity index (χ0) is 14.7. The minimum absolute atomic E-state index is 0.0388. The van der Waals surface area contributed by atoms with E-state index in [1.165, 1.54) is 38.5 Å². The summed E-state index contributed by atoms with van der Waals surface area (Å²) in [6.07, 6.45) is 19.5. The normalized spacial score (nSPS) is 52.1. The molecule has 0 aromatic carbocycles. The molecule has 4 rings (SSSR count). The zero-order valence-electron chi connectivity index (χ0n) is 13.3. The maximum absolute atomic E-state index is 10.9. The summed E-state index contributed by atoms with van der Waals surface area (Å²) in [6, 6.07) is 0. The lowest BCUT2D eigenvalue weighted by Crippen LogP contribution is -2.51. The first-order valence-electron chi connectivity index (χ1n) is 8.98. The van der Waals surface area contributed by atoms with Crippen LogP contribution in [0.25, 0.3) is 0 Å². The van der Waals surface area contributed by atoms with Gasteiger partial charge in [-0.05, 0) is 75.0 Å². The van der Waals surface area contributed by atoms with Crippen LogP contribution in [0.4, 0.5) is 0 Å². The predicted octanol–water partition coefficient (Wildman–Crippen LogP) is 4.31. The molecular formula is C20H28O. The monoisotopic (exact) mass is 284 g/mol. The SMILES string of the molecule is C#C[C@@]1(O)CC[C@H]2[C@@H]3CC=C4CCCC[C@@H]4[C@H]3CC[C@@]21C. The number of allylic oxidation sites excluding steroid dienone is 2. The molecule has 21 heavy (non-hydrogen) atoms. The molecule has 0 heterocycles. The molecule has 0 aromatic rings. The quantitative estimate of drug-likeness (QED) is 0.519. The fourth-order valence-electron chi connectivity index (χ4n) is 6.50. The van der Waals surface area contributed by atoms with Gasteiger partial charge in [-0.2, -0.15) is 0 Å². The standard InChI is InChI=1S/C20H28O/c1-3-20(21)13-11-18-17-9-8-14-6-4-5-7-15(14)16(17)10-12-19(18,20)2/h1,8,15-18,21H,4-7,9-13H2,2H3/t15-,16+,17+,18-,19-,20+/m0/s1. The third-order valence-electron chi connectivity index (χ3n) is 7.76. The second-order valence-corrected chi connectivity index (χ2v) is 8.30. The van der Waals surface area contributed by atoms with Crippen molar-refractivity contribution in [1.82, 2.24) is 0 Å². The first kappa shape index (κ1) is 13.9. The molecule has 1 nitrogen and oxygen atoms in total. The van der Waals surface area contributed by atoms with E-state index in [4.69, 9.17) is 6.42 Å². The molecule has 0 saturated heterocycles. The molecule has 114 valence electrons. The summed E-state index contributed by atoms with van der Waals surface area (Å²) < 4.78 is 0. The van der Waals surface area contributed by atoms with Crippen molar-refractivity contribution in [3.8, 4) is 12.3 Å². The van der Waals surface area contributed by atoms with Crippen LogP contribution in [-0.4, -0.2) is 10.7 Å². The van der Waals surface area contributed by atoms with Gasteiger partial charge in [-0.25, -0.2) is 0 Å². The molecule has 1 N–H and O–H groups in total. The molecule has 6 atom stereocenters. The van der Waals surface area contributed by atoms with Crippen molar-refractivity contribution in [2.75, 3.05) is 0 Å². The van der Waals surface area contributed by atoms with Crippen LogP contribution in [0, 0.1) is 41.4 Å². The number of fused-ring (bicyclic) bond motifs is 5. The van der Waals surface area contributed by atoms with E-state index in [2.05, 4.69) is 18.9 Å². The molecule has 0 unspecified atom stereocenters. The highest BCUT2D eigenvalue weighted by atomic mass is 16.3. The number of aliphatic hydroxyl groups is 1. The number of hydrogen-bond acceptors (Lipinski definition) is 1. The van der Waals surface area contributed by atoms with Gasteiger partial charge in [0.05, 0.1) is 0 Å². The Labute approximate surface area is 129 Å². The first-order valence-corrected chi connectivity index (χ1v) is 8.98. The fraction of sp³-hybridized carbons (Fsp3) is 0.800. The van der Waals surface area contributed by atoms with Gasteiger partial charge >= 0.3 is 0 Å². The average molecular weight is 284 g/mol. The third kappa shape index (κ3) is 1.75.